The molecule has 1 N–H and O–H groups in total. The fourth-order valence-electron chi connectivity index (χ4n) is 1.55. The minimum atomic E-state index is -0.276. The second kappa shape index (κ2) is 4.26. The Labute approximate surface area is 102 Å². The Balaban J connectivity index is 2.65. The first kappa shape index (κ1) is 11.1. The van der Waals surface area contributed by atoms with Gasteiger partial charge in [-0.15, -0.1) is 0 Å². The Hall–Kier alpha value is -1.35. The summed E-state index contributed by atoms with van der Waals surface area (Å²) in [5.41, 5.74) is 1.85. The number of benzene rings is 2. The van der Waals surface area contributed by atoms with E-state index in [-0.39, 0.29) is 11.6 Å². The van der Waals surface area contributed by atoms with Crippen LogP contribution in [0.5, 0.6) is 5.75 Å². The van der Waals surface area contributed by atoms with Crippen molar-refractivity contribution in [2.45, 2.75) is 6.92 Å². The van der Waals surface area contributed by atoms with Crippen LogP contribution >= 0.6 is 15.9 Å². The number of para-hydroxylation sites is 1. The summed E-state index contributed by atoms with van der Waals surface area (Å²) >= 11 is 3.37. The summed E-state index contributed by atoms with van der Waals surface area (Å²) in [6.45, 7) is 1.70. The van der Waals surface area contributed by atoms with E-state index >= 15 is 0 Å². The van der Waals surface area contributed by atoms with Gasteiger partial charge in [-0.05, 0) is 30.7 Å². The molecule has 0 aliphatic heterocycles. The summed E-state index contributed by atoms with van der Waals surface area (Å²) in [7, 11) is 0. The molecule has 0 amide bonds. The Morgan fingerprint density at radius 2 is 1.81 bits per heavy atom. The molecular weight excluding hydrogens is 271 g/mol. The fraction of sp³-hybridized carbons (Fsp3) is 0.0769. The topological polar surface area (TPSA) is 20.2 Å². The molecule has 0 saturated carbocycles. The summed E-state index contributed by atoms with van der Waals surface area (Å²) in [4.78, 5) is 0. The zero-order valence-electron chi connectivity index (χ0n) is 8.67. The zero-order valence-corrected chi connectivity index (χ0v) is 10.3. The second-order valence-electron chi connectivity index (χ2n) is 3.60. The normalized spacial score (nSPS) is 10.4. The predicted molar refractivity (Wildman–Crippen MR) is 65.9 cm³/mol. The van der Waals surface area contributed by atoms with Gasteiger partial charge < -0.3 is 5.11 Å². The minimum Gasteiger partial charge on any atom is -0.507 e. The fourth-order valence-corrected chi connectivity index (χ4v) is 2.23. The Morgan fingerprint density at radius 3 is 2.50 bits per heavy atom. The maximum Gasteiger partial charge on any atom is 0.126 e. The molecular formula is C13H10BrFO. The van der Waals surface area contributed by atoms with Crippen molar-refractivity contribution < 1.29 is 9.50 Å². The maximum absolute atomic E-state index is 13.5. The van der Waals surface area contributed by atoms with Crippen LogP contribution in [0.25, 0.3) is 11.1 Å². The summed E-state index contributed by atoms with van der Waals surface area (Å²) in [5, 5.41) is 9.71. The summed E-state index contributed by atoms with van der Waals surface area (Å²) < 4.78 is 14.2. The molecule has 0 aliphatic carbocycles. The monoisotopic (exact) mass is 280 g/mol. The molecule has 16 heavy (non-hydrogen) atoms. The van der Waals surface area contributed by atoms with Crippen LogP contribution in [0.4, 0.5) is 4.39 Å². The van der Waals surface area contributed by atoms with Crippen molar-refractivity contribution in [1.82, 2.24) is 0 Å². The van der Waals surface area contributed by atoms with E-state index in [9.17, 15) is 9.50 Å². The van der Waals surface area contributed by atoms with Crippen molar-refractivity contribution in [3.05, 3.63) is 52.3 Å². The molecule has 0 fully saturated rings. The van der Waals surface area contributed by atoms with E-state index in [1.165, 1.54) is 6.07 Å². The number of aromatic hydroxyl groups is 1. The molecule has 3 heteroatoms. The number of phenols is 1. The molecule has 0 radical (unpaired) electrons. The number of halogens is 2. The number of aryl methyl sites for hydroxylation is 1. The van der Waals surface area contributed by atoms with Crippen LogP contribution in [-0.2, 0) is 0 Å². The van der Waals surface area contributed by atoms with Gasteiger partial charge in [-0.3, -0.25) is 0 Å². The SMILES string of the molecule is Cc1cc(Br)c(-c2ccccc2O)cc1F. The maximum atomic E-state index is 13.5. The number of hydrogen-bond acceptors (Lipinski definition) is 1. The molecule has 1 nitrogen and oxygen atoms in total. The van der Waals surface area contributed by atoms with Crippen molar-refractivity contribution in [3.8, 4) is 16.9 Å². The van der Waals surface area contributed by atoms with Crippen LogP contribution in [0.2, 0.25) is 0 Å². The lowest BCUT2D eigenvalue weighted by atomic mass is 10.0. The van der Waals surface area contributed by atoms with Crippen LogP contribution in [0.15, 0.2) is 40.9 Å². The predicted octanol–water partition coefficient (Wildman–Crippen LogP) is 4.27. The van der Waals surface area contributed by atoms with Crippen molar-refractivity contribution in [3.63, 3.8) is 0 Å². The highest BCUT2D eigenvalue weighted by Gasteiger charge is 2.10. The summed E-state index contributed by atoms with van der Waals surface area (Å²) in [6.07, 6.45) is 0. The highest BCUT2D eigenvalue weighted by molar-refractivity contribution is 9.10. The molecule has 0 aromatic heterocycles. The lowest BCUT2D eigenvalue weighted by molar-refractivity contribution is 0.477. The third-order valence-electron chi connectivity index (χ3n) is 2.44. The Kier molecular flexibility index (Phi) is 2.97. The van der Waals surface area contributed by atoms with Crippen LogP contribution in [0.3, 0.4) is 0 Å². The standard InChI is InChI=1S/C13H10BrFO/c1-8-6-11(14)10(7-12(8)15)9-4-2-3-5-13(9)16/h2-7,16H,1H3. The molecule has 0 aliphatic rings. The van der Waals surface area contributed by atoms with Gasteiger partial charge in [-0.1, -0.05) is 34.1 Å². The average molecular weight is 281 g/mol. The van der Waals surface area contributed by atoms with Gasteiger partial charge in [0.2, 0.25) is 0 Å². The Morgan fingerprint density at radius 1 is 1.12 bits per heavy atom. The van der Waals surface area contributed by atoms with Gasteiger partial charge in [-0.2, -0.15) is 0 Å². The summed E-state index contributed by atoms with van der Waals surface area (Å²) in [5.74, 6) is -0.132. The van der Waals surface area contributed by atoms with Crippen molar-refractivity contribution in [2.75, 3.05) is 0 Å². The number of hydrogen-bond donors (Lipinski definition) is 1. The largest absolute Gasteiger partial charge is 0.507 e. The van der Waals surface area contributed by atoms with Gasteiger partial charge in [0.1, 0.15) is 11.6 Å². The first-order valence-electron chi connectivity index (χ1n) is 4.83. The highest BCUT2D eigenvalue weighted by Crippen LogP contribution is 2.35. The van der Waals surface area contributed by atoms with Crippen molar-refractivity contribution >= 4 is 15.9 Å². The number of phenolic OH excluding ortho intramolecular Hbond substituents is 1. The first-order chi connectivity index (χ1) is 7.59. The molecule has 82 valence electrons. The molecule has 0 saturated heterocycles. The van der Waals surface area contributed by atoms with Gasteiger partial charge in [-0.25, -0.2) is 4.39 Å². The summed E-state index contributed by atoms with van der Waals surface area (Å²) in [6, 6.07) is 10.0. The van der Waals surface area contributed by atoms with Crippen molar-refractivity contribution in [2.24, 2.45) is 0 Å². The Bertz CT molecular complexity index is 537. The van der Waals surface area contributed by atoms with E-state index in [2.05, 4.69) is 15.9 Å². The third kappa shape index (κ3) is 1.95. The van der Waals surface area contributed by atoms with E-state index in [1.807, 2.05) is 0 Å². The van der Waals surface area contributed by atoms with E-state index < -0.39 is 0 Å². The molecule has 2 aromatic rings. The quantitative estimate of drug-likeness (QED) is 0.827. The minimum absolute atomic E-state index is 0.145. The van der Waals surface area contributed by atoms with E-state index in [0.29, 0.717) is 16.7 Å². The third-order valence-corrected chi connectivity index (χ3v) is 3.10. The smallest absolute Gasteiger partial charge is 0.126 e. The highest BCUT2D eigenvalue weighted by atomic mass is 79.9. The number of rotatable bonds is 1. The molecule has 2 aromatic carbocycles. The van der Waals surface area contributed by atoms with Gasteiger partial charge in [0, 0.05) is 15.6 Å². The molecule has 0 heterocycles. The lowest BCUT2D eigenvalue weighted by Crippen LogP contribution is -1.87. The van der Waals surface area contributed by atoms with Gasteiger partial charge in [0.05, 0.1) is 0 Å². The molecule has 2 rings (SSSR count). The zero-order chi connectivity index (χ0) is 11.7. The first-order valence-corrected chi connectivity index (χ1v) is 5.63. The molecule has 0 unspecified atom stereocenters. The average Bonchev–Trinajstić information content (AvgIpc) is 2.25. The van der Waals surface area contributed by atoms with Gasteiger partial charge in [0.15, 0.2) is 0 Å². The molecule has 0 bridgehead atoms. The van der Waals surface area contributed by atoms with Crippen LogP contribution in [0, 0.1) is 12.7 Å². The van der Waals surface area contributed by atoms with E-state index in [4.69, 9.17) is 0 Å². The van der Waals surface area contributed by atoms with Gasteiger partial charge in [0.25, 0.3) is 0 Å². The molecule has 0 spiro atoms. The van der Waals surface area contributed by atoms with Crippen LogP contribution in [-0.4, -0.2) is 5.11 Å². The van der Waals surface area contributed by atoms with Crippen LogP contribution in [0.1, 0.15) is 5.56 Å². The molecule has 0 atom stereocenters. The van der Waals surface area contributed by atoms with Crippen molar-refractivity contribution in [1.29, 1.82) is 0 Å². The lowest BCUT2D eigenvalue weighted by Gasteiger charge is -2.08. The second-order valence-corrected chi connectivity index (χ2v) is 4.45. The van der Waals surface area contributed by atoms with E-state index in [1.54, 1.807) is 37.3 Å². The van der Waals surface area contributed by atoms with E-state index in [0.717, 1.165) is 4.47 Å². The van der Waals surface area contributed by atoms with Gasteiger partial charge >= 0.3 is 0 Å². The van der Waals surface area contributed by atoms with Crippen LogP contribution < -0.4 is 0 Å².